The summed E-state index contributed by atoms with van der Waals surface area (Å²) in [5, 5.41) is 10.3. The largest absolute Gasteiger partial charge is 0.389 e. The smallest absolute Gasteiger partial charge is 0.126 e. The van der Waals surface area contributed by atoms with Crippen LogP contribution in [0.5, 0.6) is 0 Å². The highest BCUT2D eigenvalue weighted by molar-refractivity contribution is 6.31. The molecule has 100 valence electrons. The van der Waals surface area contributed by atoms with Gasteiger partial charge in [0.15, 0.2) is 0 Å². The standard InChI is InChI=1S/C15H13ClF2O/c1-8-3-14(13(9(2)19)7-15(8)16)10-4-11(17)6-12(18)5-10/h3-7,9,19H,1-2H3. The zero-order valence-electron chi connectivity index (χ0n) is 10.5. The Kier molecular flexibility index (Phi) is 3.88. The second-order valence-corrected chi connectivity index (χ2v) is 4.93. The molecule has 0 aliphatic rings. The van der Waals surface area contributed by atoms with E-state index in [1.54, 1.807) is 26.0 Å². The maximum atomic E-state index is 13.3. The van der Waals surface area contributed by atoms with Crippen LogP contribution >= 0.6 is 11.6 Å². The highest BCUT2D eigenvalue weighted by Crippen LogP contribution is 2.33. The van der Waals surface area contributed by atoms with Crippen LogP contribution in [0.15, 0.2) is 30.3 Å². The maximum Gasteiger partial charge on any atom is 0.126 e. The Balaban J connectivity index is 2.69. The van der Waals surface area contributed by atoms with E-state index in [-0.39, 0.29) is 0 Å². The van der Waals surface area contributed by atoms with Crippen molar-refractivity contribution in [2.75, 3.05) is 0 Å². The molecule has 0 aliphatic heterocycles. The molecule has 1 N–H and O–H groups in total. The lowest BCUT2D eigenvalue weighted by atomic mass is 9.94. The van der Waals surface area contributed by atoms with E-state index < -0.39 is 17.7 Å². The topological polar surface area (TPSA) is 20.2 Å². The Bertz CT molecular complexity index is 604. The van der Waals surface area contributed by atoms with E-state index in [0.29, 0.717) is 21.7 Å². The van der Waals surface area contributed by atoms with E-state index in [2.05, 4.69) is 0 Å². The SMILES string of the molecule is Cc1cc(-c2cc(F)cc(F)c2)c(C(C)O)cc1Cl. The fourth-order valence-electron chi connectivity index (χ4n) is 2.00. The molecule has 0 fully saturated rings. The summed E-state index contributed by atoms with van der Waals surface area (Å²) >= 11 is 6.02. The number of hydrogen-bond donors (Lipinski definition) is 1. The van der Waals surface area contributed by atoms with Crippen molar-refractivity contribution in [2.45, 2.75) is 20.0 Å². The Morgan fingerprint density at radius 3 is 2.16 bits per heavy atom. The minimum absolute atomic E-state index is 0.383. The molecule has 2 aromatic rings. The third kappa shape index (κ3) is 2.94. The first-order valence-electron chi connectivity index (χ1n) is 5.83. The molecule has 0 saturated heterocycles. The van der Waals surface area contributed by atoms with Gasteiger partial charge in [-0.3, -0.25) is 0 Å². The zero-order valence-corrected chi connectivity index (χ0v) is 11.3. The average Bonchev–Trinajstić information content (AvgIpc) is 2.30. The summed E-state index contributed by atoms with van der Waals surface area (Å²) in [6, 6.07) is 6.63. The summed E-state index contributed by atoms with van der Waals surface area (Å²) in [4.78, 5) is 0. The zero-order chi connectivity index (χ0) is 14.2. The molecular weight excluding hydrogens is 270 g/mol. The molecule has 0 heterocycles. The van der Waals surface area contributed by atoms with Crippen molar-refractivity contribution in [1.29, 1.82) is 0 Å². The molecule has 1 unspecified atom stereocenters. The van der Waals surface area contributed by atoms with Crippen molar-refractivity contribution in [3.05, 3.63) is 58.1 Å². The number of hydrogen-bond acceptors (Lipinski definition) is 1. The third-order valence-electron chi connectivity index (χ3n) is 2.95. The van der Waals surface area contributed by atoms with Crippen molar-refractivity contribution in [1.82, 2.24) is 0 Å². The van der Waals surface area contributed by atoms with Crippen LogP contribution in [0.1, 0.15) is 24.2 Å². The molecule has 0 aromatic heterocycles. The van der Waals surface area contributed by atoms with E-state index in [0.717, 1.165) is 11.6 Å². The van der Waals surface area contributed by atoms with Gasteiger partial charge in [-0.15, -0.1) is 0 Å². The molecule has 0 spiro atoms. The van der Waals surface area contributed by atoms with Crippen molar-refractivity contribution in [3.63, 3.8) is 0 Å². The number of benzene rings is 2. The van der Waals surface area contributed by atoms with Crippen LogP contribution < -0.4 is 0 Å². The van der Waals surface area contributed by atoms with Crippen LogP contribution in [0, 0.1) is 18.6 Å². The average molecular weight is 283 g/mol. The van der Waals surface area contributed by atoms with Gasteiger partial charge in [0.2, 0.25) is 0 Å². The lowest BCUT2D eigenvalue weighted by molar-refractivity contribution is 0.200. The fraction of sp³-hybridized carbons (Fsp3) is 0.200. The van der Waals surface area contributed by atoms with Gasteiger partial charge >= 0.3 is 0 Å². The minimum atomic E-state index is -0.778. The van der Waals surface area contributed by atoms with Crippen LogP contribution in [0.3, 0.4) is 0 Å². The van der Waals surface area contributed by atoms with Gasteiger partial charge in [0.1, 0.15) is 11.6 Å². The maximum absolute atomic E-state index is 13.3. The normalized spacial score (nSPS) is 12.5. The second-order valence-electron chi connectivity index (χ2n) is 4.52. The number of aliphatic hydroxyl groups is 1. The van der Waals surface area contributed by atoms with E-state index in [4.69, 9.17) is 11.6 Å². The molecule has 0 radical (unpaired) electrons. The van der Waals surface area contributed by atoms with Crippen LogP contribution in [0.25, 0.3) is 11.1 Å². The third-order valence-corrected chi connectivity index (χ3v) is 3.36. The highest BCUT2D eigenvalue weighted by atomic mass is 35.5. The molecule has 1 nitrogen and oxygen atoms in total. The highest BCUT2D eigenvalue weighted by Gasteiger charge is 2.14. The van der Waals surface area contributed by atoms with Crippen molar-refractivity contribution in [2.24, 2.45) is 0 Å². The molecular formula is C15H13ClF2O. The predicted octanol–water partition coefficient (Wildman–Crippen LogP) is 4.65. The van der Waals surface area contributed by atoms with Crippen LogP contribution in [0.2, 0.25) is 5.02 Å². The quantitative estimate of drug-likeness (QED) is 0.850. The van der Waals surface area contributed by atoms with Crippen molar-refractivity contribution in [3.8, 4) is 11.1 Å². The number of aliphatic hydroxyl groups excluding tert-OH is 1. The van der Waals surface area contributed by atoms with Gasteiger partial charge in [0, 0.05) is 11.1 Å². The molecule has 1 atom stereocenters. The Labute approximate surface area is 115 Å². The van der Waals surface area contributed by atoms with E-state index in [9.17, 15) is 13.9 Å². The Morgan fingerprint density at radius 2 is 1.63 bits per heavy atom. The lowest BCUT2D eigenvalue weighted by Gasteiger charge is -2.15. The first-order valence-corrected chi connectivity index (χ1v) is 6.21. The summed E-state index contributed by atoms with van der Waals surface area (Å²) in [6.07, 6.45) is -0.778. The number of rotatable bonds is 2. The van der Waals surface area contributed by atoms with Crippen LogP contribution in [0.4, 0.5) is 8.78 Å². The Hall–Kier alpha value is -1.45. The van der Waals surface area contributed by atoms with E-state index in [1.807, 2.05) is 0 Å². The summed E-state index contributed by atoms with van der Waals surface area (Å²) < 4.78 is 26.6. The van der Waals surface area contributed by atoms with Gasteiger partial charge in [0.25, 0.3) is 0 Å². The van der Waals surface area contributed by atoms with Gasteiger partial charge in [-0.05, 0) is 60.4 Å². The van der Waals surface area contributed by atoms with Gasteiger partial charge in [-0.25, -0.2) is 8.78 Å². The summed E-state index contributed by atoms with van der Waals surface area (Å²) in [6.45, 7) is 3.38. The van der Waals surface area contributed by atoms with Crippen molar-refractivity contribution >= 4 is 11.6 Å². The molecule has 2 aromatic carbocycles. The molecule has 0 amide bonds. The predicted molar refractivity (Wildman–Crippen MR) is 72.2 cm³/mol. The van der Waals surface area contributed by atoms with Crippen LogP contribution in [-0.2, 0) is 0 Å². The summed E-state index contributed by atoms with van der Waals surface area (Å²) in [5.41, 5.74) is 2.29. The molecule has 0 saturated carbocycles. The molecule has 4 heteroatoms. The second kappa shape index (κ2) is 5.27. The minimum Gasteiger partial charge on any atom is -0.389 e. The summed E-state index contributed by atoms with van der Waals surface area (Å²) in [7, 11) is 0. The summed E-state index contributed by atoms with van der Waals surface area (Å²) in [5.74, 6) is -1.31. The van der Waals surface area contributed by atoms with Gasteiger partial charge < -0.3 is 5.11 Å². The monoisotopic (exact) mass is 282 g/mol. The van der Waals surface area contributed by atoms with Crippen LogP contribution in [-0.4, -0.2) is 5.11 Å². The van der Waals surface area contributed by atoms with Gasteiger partial charge in [-0.1, -0.05) is 11.6 Å². The van der Waals surface area contributed by atoms with Gasteiger partial charge in [-0.2, -0.15) is 0 Å². The molecule has 0 bridgehead atoms. The number of aryl methyl sites for hydroxylation is 1. The molecule has 0 aliphatic carbocycles. The molecule has 2 rings (SSSR count). The van der Waals surface area contributed by atoms with Crippen molar-refractivity contribution < 1.29 is 13.9 Å². The molecule has 19 heavy (non-hydrogen) atoms. The Morgan fingerprint density at radius 1 is 1.05 bits per heavy atom. The van der Waals surface area contributed by atoms with E-state index in [1.165, 1.54) is 12.1 Å². The first kappa shape index (κ1) is 14.0. The van der Waals surface area contributed by atoms with Gasteiger partial charge in [0.05, 0.1) is 6.10 Å². The number of halogens is 3. The van der Waals surface area contributed by atoms with E-state index >= 15 is 0 Å². The first-order chi connectivity index (χ1) is 8.88. The fourth-order valence-corrected chi connectivity index (χ4v) is 2.17. The lowest BCUT2D eigenvalue weighted by Crippen LogP contribution is -1.97.